The summed E-state index contributed by atoms with van der Waals surface area (Å²) in [6, 6.07) is 7.68. The summed E-state index contributed by atoms with van der Waals surface area (Å²) in [5, 5.41) is 0. The lowest BCUT2D eigenvalue weighted by Crippen LogP contribution is -2.54. The van der Waals surface area contributed by atoms with Gasteiger partial charge in [-0.15, -0.1) is 0 Å². The number of para-hydroxylation sites is 1. The second-order valence-corrected chi connectivity index (χ2v) is 5.46. The Kier molecular flexibility index (Phi) is 3.92. The number of methoxy groups -OCH3 is 1. The minimum absolute atomic E-state index is 0.0719. The molecule has 4 heteroatoms. The number of fused-ring (bicyclic) bond motifs is 1. The van der Waals surface area contributed by atoms with E-state index < -0.39 is 0 Å². The molecule has 1 heterocycles. The number of ether oxygens (including phenoxy) is 2. The predicted molar refractivity (Wildman–Crippen MR) is 76.0 cm³/mol. The number of hydrogen-bond acceptors (Lipinski definition) is 3. The van der Waals surface area contributed by atoms with Crippen LogP contribution in [0.5, 0.6) is 5.75 Å². The summed E-state index contributed by atoms with van der Waals surface area (Å²) in [5.74, 6) is 0.721. The maximum atomic E-state index is 12.8. The lowest BCUT2D eigenvalue weighted by atomic mass is 9.89. The smallest absolute Gasteiger partial charge is 0.258 e. The molecule has 1 aliphatic heterocycles. The van der Waals surface area contributed by atoms with Gasteiger partial charge >= 0.3 is 0 Å². The Morgan fingerprint density at radius 1 is 1.30 bits per heavy atom. The average Bonchev–Trinajstić information content (AvgIpc) is 2.53. The second-order valence-electron chi connectivity index (χ2n) is 5.46. The highest BCUT2D eigenvalue weighted by molar-refractivity contribution is 5.97. The summed E-state index contributed by atoms with van der Waals surface area (Å²) >= 11 is 0. The predicted octanol–water partition coefficient (Wildman–Crippen LogP) is 2.48. The van der Waals surface area contributed by atoms with Gasteiger partial charge in [0.1, 0.15) is 5.75 Å². The van der Waals surface area contributed by atoms with E-state index in [1.807, 2.05) is 29.2 Å². The summed E-state index contributed by atoms with van der Waals surface area (Å²) < 4.78 is 11.1. The Hall–Kier alpha value is -1.55. The van der Waals surface area contributed by atoms with Crippen molar-refractivity contribution < 1.29 is 14.3 Å². The van der Waals surface area contributed by atoms with Crippen molar-refractivity contribution >= 4 is 5.91 Å². The number of hydrogen-bond donors (Lipinski definition) is 0. The van der Waals surface area contributed by atoms with E-state index >= 15 is 0 Å². The lowest BCUT2D eigenvalue weighted by molar-refractivity contribution is -0.0753. The fourth-order valence-corrected chi connectivity index (χ4v) is 3.32. The van der Waals surface area contributed by atoms with E-state index in [0.717, 1.165) is 12.8 Å². The second kappa shape index (κ2) is 5.83. The average molecular weight is 275 g/mol. The molecule has 3 rings (SSSR count). The fraction of sp³-hybridized carbons (Fsp3) is 0.562. The first-order valence-corrected chi connectivity index (χ1v) is 7.37. The molecule has 20 heavy (non-hydrogen) atoms. The summed E-state index contributed by atoms with van der Waals surface area (Å²) in [4.78, 5) is 14.8. The Morgan fingerprint density at radius 3 is 2.95 bits per heavy atom. The molecule has 2 atom stereocenters. The van der Waals surface area contributed by atoms with Gasteiger partial charge in [-0.2, -0.15) is 0 Å². The van der Waals surface area contributed by atoms with Gasteiger partial charge < -0.3 is 14.4 Å². The topological polar surface area (TPSA) is 38.8 Å². The van der Waals surface area contributed by atoms with Crippen molar-refractivity contribution in [2.75, 3.05) is 20.3 Å². The SMILES string of the molecule is COc1ccccc1C(=O)N1CCO[C@H]2CCCC[C@@H]21. The van der Waals surface area contributed by atoms with Crippen molar-refractivity contribution in [1.82, 2.24) is 4.90 Å². The molecule has 108 valence electrons. The van der Waals surface area contributed by atoms with E-state index in [0.29, 0.717) is 24.5 Å². The van der Waals surface area contributed by atoms with Gasteiger partial charge in [-0.1, -0.05) is 25.0 Å². The number of benzene rings is 1. The van der Waals surface area contributed by atoms with Crippen molar-refractivity contribution in [1.29, 1.82) is 0 Å². The summed E-state index contributed by atoms with van der Waals surface area (Å²) in [6.07, 6.45) is 4.72. The van der Waals surface area contributed by atoms with Crippen LogP contribution in [0.2, 0.25) is 0 Å². The maximum absolute atomic E-state index is 12.8. The van der Waals surface area contributed by atoms with Crippen molar-refractivity contribution in [2.45, 2.75) is 37.8 Å². The van der Waals surface area contributed by atoms with Crippen molar-refractivity contribution in [3.05, 3.63) is 29.8 Å². The molecule has 0 bridgehead atoms. The Bertz CT molecular complexity index is 486. The van der Waals surface area contributed by atoms with Gasteiger partial charge in [0.05, 0.1) is 31.4 Å². The first-order chi connectivity index (χ1) is 9.81. The van der Waals surface area contributed by atoms with E-state index in [2.05, 4.69) is 0 Å². The number of morpholine rings is 1. The van der Waals surface area contributed by atoms with Crippen molar-refractivity contribution in [3.63, 3.8) is 0 Å². The molecule has 0 radical (unpaired) electrons. The van der Waals surface area contributed by atoms with Crippen LogP contribution in [-0.2, 0) is 4.74 Å². The van der Waals surface area contributed by atoms with Crippen LogP contribution in [-0.4, -0.2) is 43.2 Å². The molecule has 1 saturated heterocycles. The molecule has 1 amide bonds. The van der Waals surface area contributed by atoms with Gasteiger partial charge in [0.15, 0.2) is 0 Å². The Labute approximate surface area is 119 Å². The fourth-order valence-electron chi connectivity index (χ4n) is 3.32. The van der Waals surface area contributed by atoms with Crippen LogP contribution in [0.1, 0.15) is 36.0 Å². The molecule has 0 unspecified atom stereocenters. The Morgan fingerprint density at radius 2 is 2.10 bits per heavy atom. The third-order valence-electron chi connectivity index (χ3n) is 4.33. The van der Waals surface area contributed by atoms with Crippen LogP contribution in [0.4, 0.5) is 0 Å². The molecule has 2 fully saturated rings. The standard InChI is InChI=1S/C16H21NO3/c1-19-14-8-4-2-6-12(14)16(18)17-10-11-20-15-9-5-3-7-13(15)17/h2,4,6,8,13,15H,3,5,7,9-11H2,1H3/t13-,15-/m0/s1. The minimum Gasteiger partial charge on any atom is -0.496 e. The van der Waals surface area contributed by atoms with Gasteiger partial charge in [0.25, 0.3) is 5.91 Å². The van der Waals surface area contributed by atoms with Crippen LogP contribution in [0, 0.1) is 0 Å². The highest BCUT2D eigenvalue weighted by Gasteiger charge is 2.37. The zero-order valence-corrected chi connectivity index (χ0v) is 11.9. The van der Waals surface area contributed by atoms with E-state index in [1.54, 1.807) is 7.11 Å². The van der Waals surface area contributed by atoms with Crippen molar-refractivity contribution in [2.24, 2.45) is 0 Å². The summed E-state index contributed by atoms with van der Waals surface area (Å²) in [5.41, 5.74) is 0.654. The first-order valence-electron chi connectivity index (χ1n) is 7.37. The van der Waals surface area contributed by atoms with E-state index in [4.69, 9.17) is 9.47 Å². The number of nitrogens with zero attached hydrogens (tertiary/aromatic N) is 1. The maximum Gasteiger partial charge on any atom is 0.258 e. The molecular formula is C16H21NO3. The van der Waals surface area contributed by atoms with Crippen LogP contribution in [0.25, 0.3) is 0 Å². The third-order valence-corrected chi connectivity index (χ3v) is 4.33. The minimum atomic E-state index is 0.0719. The van der Waals surface area contributed by atoms with Gasteiger partial charge in [-0.05, 0) is 25.0 Å². The van der Waals surface area contributed by atoms with Gasteiger partial charge in [0.2, 0.25) is 0 Å². The highest BCUT2D eigenvalue weighted by atomic mass is 16.5. The molecular weight excluding hydrogens is 254 g/mol. The van der Waals surface area contributed by atoms with E-state index in [1.165, 1.54) is 12.8 Å². The number of rotatable bonds is 2. The largest absolute Gasteiger partial charge is 0.496 e. The number of carbonyl (C=O) groups is 1. The van der Waals surface area contributed by atoms with E-state index in [9.17, 15) is 4.79 Å². The summed E-state index contributed by atoms with van der Waals surface area (Å²) in [6.45, 7) is 1.32. The first kappa shape index (κ1) is 13.4. The van der Waals surface area contributed by atoms with Crippen LogP contribution in [0.3, 0.4) is 0 Å². The van der Waals surface area contributed by atoms with Crippen LogP contribution in [0.15, 0.2) is 24.3 Å². The monoisotopic (exact) mass is 275 g/mol. The molecule has 1 aromatic carbocycles. The third kappa shape index (κ3) is 2.40. The normalized spacial score (nSPS) is 25.9. The van der Waals surface area contributed by atoms with Crippen molar-refractivity contribution in [3.8, 4) is 5.75 Å². The molecule has 0 aromatic heterocycles. The lowest BCUT2D eigenvalue weighted by Gasteiger charge is -2.43. The number of carbonyl (C=O) groups excluding carboxylic acids is 1. The molecule has 0 N–H and O–H groups in total. The van der Waals surface area contributed by atoms with Crippen LogP contribution >= 0.6 is 0 Å². The molecule has 4 nitrogen and oxygen atoms in total. The molecule has 0 spiro atoms. The quantitative estimate of drug-likeness (QED) is 0.832. The Balaban J connectivity index is 1.85. The van der Waals surface area contributed by atoms with Crippen LogP contribution < -0.4 is 4.74 Å². The highest BCUT2D eigenvalue weighted by Crippen LogP contribution is 2.30. The number of amides is 1. The van der Waals surface area contributed by atoms with Gasteiger partial charge in [-0.25, -0.2) is 0 Å². The van der Waals surface area contributed by atoms with Gasteiger partial charge in [-0.3, -0.25) is 4.79 Å². The molecule has 1 saturated carbocycles. The zero-order chi connectivity index (χ0) is 13.9. The molecule has 1 aliphatic carbocycles. The molecule has 2 aliphatic rings. The van der Waals surface area contributed by atoms with Gasteiger partial charge in [0, 0.05) is 6.54 Å². The molecule has 1 aromatic rings. The van der Waals surface area contributed by atoms with E-state index in [-0.39, 0.29) is 18.1 Å². The zero-order valence-electron chi connectivity index (χ0n) is 11.9. The summed E-state index contributed by atoms with van der Waals surface area (Å²) in [7, 11) is 1.61.